The summed E-state index contributed by atoms with van der Waals surface area (Å²) < 4.78 is 4.45. The number of fused-ring (bicyclic) bond motifs is 2. The Kier molecular flexibility index (Phi) is 6.67. The highest BCUT2D eigenvalue weighted by Crippen LogP contribution is 2.25. The molecule has 4 aromatic rings. The second-order valence-corrected chi connectivity index (χ2v) is 8.92. The van der Waals surface area contributed by atoms with Crippen molar-refractivity contribution in [2.75, 3.05) is 13.1 Å². The molecule has 0 radical (unpaired) electrons. The Morgan fingerprint density at radius 1 is 0.824 bits per heavy atom. The van der Waals surface area contributed by atoms with Crippen LogP contribution in [-0.2, 0) is 13.1 Å². The maximum Gasteiger partial charge on any atom is 0.158 e. The van der Waals surface area contributed by atoms with E-state index in [2.05, 4.69) is 93.0 Å². The van der Waals surface area contributed by atoms with Crippen LogP contribution in [0.4, 0.5) is 0 Å². The van der Waals surface area contributed by atoms with Gasteiger partial charge in [0, 0.05) is 50.0 Å². The maximum absolute atomic E-state index is 4.70. The number of hydrogen-bond acceptors (Lipinski definition) is 4. The fourth-order valence-corrected chi connectivity index (χ4v) is 4.77. The highest BCUT2D eigenvalue weighted by Gasteiger charge is 2.22. The van der Waals surface area contributed by atoms with Crippen LogP contribution >= 0.6 is 0 Å². The predicted molar refractivity (Wildman–Crippen MR) is 136 cm³/mol. The van der Waals surface area contributed by atoms with Crippen LogP contribution in [0, 0.1) is 13.8 Å². The van der Waals surface area contributed by atoms with Gasteiger partial charge in [-0.1, -0.05) is 48.5 Å². The average molecular weight is 453 g/mol. The normalized spacial score (nSPS) is 17.4. The lowest BCUT2D eigenvalue weighted by atomic mass is 10.0. The van der Waals surface area contributed by atoms with Gasteiger partial charge in [0.2, 0.25) is 0 Å². The molecule has 6 nitrogen and oxygen atoms in total. The third kappa shape index (κ3) is 4.59. The van der Waals surface area contributed by atoms with E-state index in [9.17, 15) is 0 Å². The maximum atomic E-state index is 4.70. The molecule has 0 fully saturated rings. The van der Waals surface area contributed by atoms with E-state index >= 15 is 0 Å². The minimum absolute atomic E-state index is 0.230. The van der Waals surface area contributed by atoms with Crippen molar-refractivity contribution in [1.82, 2.24) is 24.4 Å². The number of nitrogens with zero attached hydrogens (tertiary/aromatic N) is 5. The molecule has 2 aromatic heterocycles. The summed E-state index contributed by atoms with van der Waals surface area (Å²) in [5.74, 6) is 2.13. The molecule has 174 valence electrons. The molecule has 34 heavy (non-hydrogen) atoms. The van der Waals surface area contributed by atoms with Gasteiger partial charge in [0.05, 0.1) is 6.04 Å². The van der Waals surface area contributed by atoms with Crippen molar-refractivity contribution in [2.24, 2.45) is 4.99 Å². The Bertz CT molecular complexity index is 1280. The summed E-state index contributed by atoms with van der Waals surface area (Å²) in [4.78, 5) is 13.7. The second-order valence-electron chi connectivity index (χ2n) is 8.92. The summed E-state index contributed by atoms with van der Waals surface area (Å²) in [7, 11) is 0. The highest BCUT2D eigenvalue weighted by atomic mass is 15.1. The molecule has 0 aliphatic carbocycles. The first kappa shape index (κ1) is 22.3. The van der Waals surface area contributed by atoms with Crippen LogP contribution in [0.25, 0.3) is 0 Å². The smallest absolute Gasteiger partial charge is 0.158 e. The highest BCUT2D eigenvalue weighted by molar-refractivity contribution is 6.11. The van der Waals surface area contributed by atoms with E-state index in [0.717, 1.165) is 56.4 Å². The third-order valence-corrected chi connectivity index (χ3v) is 6.58. The minimum atomic E-state index is 0.230. The summed E-state index contributed by atoms with van der Waals surface area (Å²) in [5.41, 5.74) is 6.14. The molecule has 0 saturated carbocycles. The number of aryl methyl sites for hydroxylation is 4. The molecular weight excluding hydrogens is 420 g/mol. The van der Waals surface area contributed by atoms with E-state index in [4.69, 9.17) is 4.99 Å². The third-order valence-electron chi connectivity index (χ3n) is 6.58. The number of nitrogens with one attached hydrogen (secondary N) is 1. The lowest BCUT2D eigenvalue weighted by Gasteiger charge is -2.18. The van der Waals surface area contributed by atoms with Gasteiger partial charge in [0.15, 0.2) is 5.82 Å². The first-order valence-electron chi connectivity index (χ1n) is 12.1. The standard InChI is InChI=1S/C14H17N3.C14H15N3/c2*1-11-5-2-3-6-12(11)13-14-16-8-10-17(14)9-4-7-15-13/h2-3,5-6,8,10,13,15H,4,7,9H2,1H3;2-3,5-6,8,10H,4,7,9H2,1H3. The molecule has 0 amide bonds. The van der Waals surface area contributed by atoms with Crippen LogP contribution in [0.1, 0.15) is 52.8 Å². The quantitative estimate of drug-likeness (QED) is 0.479. The van der Waals surface area contributed by atoms with Gasteiger partial charge in [0.1, 0.15) is 11.5 Å². The van der Waals surface area contributed by atoms with Crippen LogP contribution in [0.3, 0.4) is 0 Å². The van der Waals surface area contributed by atoms with Crippen LogP contribution in [0.5, 0.6) is 0 Å². The molecule has 0 bridgehead atoms. The lowest BCUT2D eigenvalue weighted by molar-refractivity contribution is 0.598. The number of aromatic nitrogens is 4. The fraction of sp³-hybridized carbons (Fsp3) is 0.321. The van der Waals surface area contributed by atoms with Crippen LogP contribution < -0.4 is 5.32 Å². The molecule has 2 aliphatic rings. The summed E-state index contributed by atoms with van der Waals surface area (Å²) in [6.07, 6.45) is 10.1. The second kappa shape index (κ2) is 10.2. The molecule has 6 heteroatoms. The van der Waals surface area contributed by atoms with E-state index in [1.165, 1.54) is 22.3 Å². The zero-order chi connectivity index (χ0) is 23.3. The van der Waals surface area contributed by atoms with E-state index in [1.807, 2.05) is 18.6 Å². The first-order chi connectivity index (χ1) is 16.7. The average Bonchev–Trinajstić information content (AvgIpc) is 3.41. The van der Waals surface area contributed by atoms with Crippen LogP contribution in [0.15, 0.2) is 78.3 Å². The van der Waals surface area contributed by atoms with Crippen molar-refractivity contribution in [3.05, 3.63) is 107 Å². The van der Waals surface area contributed by atoms with Gasteiger partial charge >= 0.3 is 0 Å². The van der Waals surface area contributed by atoms with Gasteiger partial charge in [-0.2, -0.15) is 0 Å². The van der Waals surface area contributed by atoms with E-state index in [1.54, 1.807) is 0 Å². The van der Waals surface area contributed by atoms with Crippen LogP contribution in [0.2, 0.25) is 0 Å². The van der Waals surface area contributed by atoms with Crippen molar-refractivity contribution < 1.29 is 0 Å². The molecule has 6 rings (SSSR count). The Morgan fingerprint density at radius 3 is 2.41 bits per heavy atom. The predicted octanol–water partition coefficient (Wildman–Crippen LogP) is 4.71. The van der Waals surface area contributed by atoms with Crippen molar-refractivity contribution >= 4 is 5.71 Å². The van der Waals surface area contributed by atoms with Crippen molar-refractivity contribution in [3.63, 3.8) is 0 Å². The molecule has 0 spiro atoms. The Labute approximate surface area is 201 Å². The van der Waals surface area contributed by atoms with Gasteiger partial charge < -0.3 is 14.5 Å². The number of aliphatic imine (C=N–C) groups is 1. The monoisotopic (exact) mass is 452 g/mol. The molecule has 2 aliphatic heterocycles. The molecule has 4 heterocycles. The Morgan fingerprint density at radius 2 is 1.56 bits per heavy atom. The fourth-order valence-electron chi connectivity index (χ4n) is 4.77. The van der Waals surface area contributed by atoms with Gasteiger partial charge in [-0.15, -0.1) is 0 Å². The topological polar surface area (TPSA) is 60.0 Å². The molecule has 1 N–H and O–H groups in total. The van der Waals surface area contributed by atoms with Crippen LogP contribution in [-0.4, -0.2) is 37.9 Å². The zero-order valence-electron chi connectivity index (χ0n) is 20.0. The zero-order valence-corrected chi connectivity index (χ0v) is 20.0. The number of benzene rings is 2. The summed E-state index contributed by atoms with van der Waals surface area (Å²) >= 11 is 0. The summed E-state index contributed by atoms with van der Waals surface area (Å²) in [5, 5.41) is 3.60. The number of hydrogen-bond donors (Lipinski definition) is 1. The van der Waals surface area contributed by atoms with Crippen molar-refractivity contribution in [1.29, 1.82) is 0 Å². The van der Waals surface area contributed by atoms with Crippen molar-refractivity contribution in [2.45, 2.75) is 45.8 Å². The van der Waals surface area contributed by atoms with Gasteiger partial charge in [-0.05, 0) is 49.9 Å². The minimum Gasteiger partial charge on any atom is -0.333 e. The summed E-state index contributed by atoms with van der Waals surface area (Å²) in [6.45, 7) is 8.28. The Hall–Kier alpha value is -3.51. The largest absolute Gasteiger partial charge is 0.333 e. The van der Waals surface area contributed by atoms with Gasteiger partial charge in [-0.25, -0.2) is 9.97 Å². The van der Waals surface area contributed by atoms with Crippen molar-refractivity contribution in [3.8, 4) is 0 Å². The lowest BCUT2D eigenvalue weighted by Crippen LogP contribution is -2.23. The first-order valence-corrected chi connectivity index (χ1v) is 12.1. The molecule has 1 atom stereocenters. The summed E-state index contributed by atoms with van der Waals surface area (Å²) in [6, 6.07) is 17.1. The molecule has 1 unspecified atom stereocenters. The number of rotatable bonds is 2. The number of imidazole rings is 2. The molecular formula is C28H32N6. The van der Waals surface area contributed by atoms with E-state index in [0.29, 0.717) is 0 Å². The van der Waals surface area contributed by atoms with Gasteiger partial charge in [0.25, 0.3) is 0 Å². The Balaban J connectivity index is 0.000000142. The van der Waals surface area contributed by atoms with Gasteiger partial charge in [-0.3, -0.25) is 4.99 Å². The SMILES string of the molecule is Cc1ccccc1C1=NCCCn2ccnc21.Cc1ccccc1C1NCCCn2ccnc21. The molecule has 2 aromatic carbocycles. The molecule has 0 saturated heterocycles. The van der Waals surface area contributed by atoms with E-state index < -0.39 is 0 Å². The van der Waals surface area contributed by atoms with E-state index in [-0.39, 0.29) is 6.04 Å².